The summed E-state index contributed by atoms with van der Waals surface area (Å²) in [5.74, 6) is 1.74. The predicted molar refractivity (Wildman–Crippen MR) is 70.3 cm³/mol. The first-order valence-corrected chi connectivity index (χ1v) is 7.39. The number of halogens is 1. The van der Waals surface area contributed by atoms with E-state index < -0.39 is 0 Å². The maximum absolute atomic E-state index is 12.1. The van der Waals surface area contributed by atoms with Crippen molar-refractivity contribution >= 4 is 17.5 Å². The first-order valence-electron chi connectivity index (χ1n) is 6.85. The van der Waals surface area contributed by atoms with Gasteiger partial charge in [0.05, 0.1) is 0 Å². The maximum Gasteiger partial charge on any atom is 0.222 e. The highest BCUT2D eigenvalue weighted by molar-refractivity contribution is 6.18. The Morgan fingerprint density at radius 1 is 1.12 bits per heavy atom. The Hall–Kier alpha value is -0.280. The molecule has 17 heavy (non-hydrogen) atoms. The number of carbonyl (C=O) groups excluding carboxylic acids is 1. The zero-order chi connectivity index (χ0) is 12.1. The largest absolute Gasteiger partial charge is 0.340 e. The highest BCUT2D eigenvalue weighted by atomic mass is 35.5. The van der Waals surface area contributed by atoms with E-state index in [-0.39, 0.29) is 0 Å². The Labute approximate surface area is 109 Å². The van der Waals surface area contributed by atoms with Gasteiger partial charge in [0, 0.05) is 45.0 Å². The minimum Gasteiger partial charge on any atom is -0.340 e. The fourth-order valence-electron chi connectivity index (χ4n) is 2.93. The summed E-state index contributed by atoms with van der Waals surface area (Å²) in [5.41, 5.74) is 0. The van der Waals surface area contributed by atoms with E-state index in [4.69, 9.17) is 11.6 Å². The molecule has 3 nitrogen and oxygen atoms in total. The Kier molecular flexibility index (Phi) is 5.11. The van der Waals surface area contributed by atoms with Crippen molar-refractivity contribution in [1.29, 1.82) is 0 Å². The average Bonchev–Trinajstić information content (AvgIpc) is 2.83. The molecule has 1 saturated carbocycles. The lowest BCUT2D eigenvalue weighted by Gasteiger charge is -2.34. The van der Waals surface area contributed by atoms with Gasteiger partial charge in [0.1, 0.15) is 0 Å². The number of nitrogens with zero attached hydrogens (tertiary/aromatic N) is 2. The van der Waals surface area contributed by atoms with Crippen LogP contribution in [0.2, 0.25) is 0 Å². The molecule has 0 spiro atoms. The van der Waals surface area contributed by atoms with Crippen molar-refractivity contribution in [1.82, 2.24) is 9.80 Å². The van der Waals surface area contributed by atoms with Crippen LogP contribution in [0, 0.1) is 5.92 Å². The van der Waals surface area contributed by atoms with Crippen LogP contribution in [0.3, 0.4) is 0 Å². The molecule has 1 amide bonds. The second-order valence-electron chi connectivity index (χ2n) is 5.27. The fraction of sp³-hybridized carbons (Fsp3) is 0.923. The Morgan fingerprint density at radius 2 is 1.76 bits per heavy atom. The van der Waals surface area contributed by atoms with Gasteiger partial charge in [0.2, 0.25) is 5.91 Å². The van der Waals surface area contributed by atoms with Crippen molar-refractivity contribution in [2.24, 2.45) is 5.92 Å². The van der Waals surface area contributed by atoms with Crippen LogP contribution in [0.4, 0.5) is 0 Å². The van der Waals surface area contributed by atoms with Gasteiger partial charge in [-0.3, -0.25) is 9.69 Å². The number of rotatable bonds is 4. The van der Waals surface area contributed by atoms with Gasteiger partial charge in [-0.1, -0.05) is 12.8 Å². The Morgan fingerprint density at radius 3 is 2.35 bits per heavy atom. The molecule has 0 aromatic rings. The van der Waals surface area contributed by atoms with Gasteiger partial charge in [-0.2, -0.15) is 0 Å². The lowest BCUT2D eigenvalue weighted by atomic mass is 10.0. The topological polar surface area (TPSA) is 23.6 Å². The predicted octanol–water partition coefficient (Wildman–Crippen LogP) is 1.95. The standard InChI is InChI=1S/C13H23ClN2O/c14-5-6-15-7-9-16(10-8-15)13(17)11-12-3-1-2-4-12/h12H,1-11H2. The number of piperazine rings is 1. The lowest BCUT2D eigenvalue weighted by molar-refractivity contribution is -0.133. The summed E-state index contributed by atoms with van der Waals surface area (Å²) in [6, 6.07) is 0. The van der Waals surface area contributed by atoms with E-state index in [9.17, 15) is 4.79 Å². The minimum atomic E-state index is 0.377. The zero-order valence-corrected chi connectivity index (χ0v) is 11.3. The third kappa shape index (κ3) is 3.85. The first kappa shape index (κ1) is 13.2. The third-order valence-corrected chi connectivity index (χ3v) is 4.23. The summed E-state index contributed by atoms with van der Waals surface area (Å²) in [5, 5.41) is 0. The molecule has 1 aliphatic carbocycles. The second-order valence-corrected chi connectivity index (χ2v) is 5.64. The molecule has 0 aromatic heterocycles. The molecule has 0 bridgehead atoms. The third-order valence-electron chi connectivity index (χ3n) is 4.06. The number of hydrogen-bond donors (Lipinski definition) is 0. The summed E-state index contributed by atoms with van der Waals surface area (Å²) in [6.45, 7) is 4.71. The molecule has 4 heteroatoms. The Balaban J connectivity index is 1.70. The van der Waals surface area contributed by atoms with Gasteiger partial charge < -0.3 is 4.90 Å². The van der Waals surface area contributed by atoms with Gasteiger partial charge in [-0.05, 0) is 18.8 Å². The monoisotopic (exact) mass is 258 g/mol. The summed E-state index contributed by atoms with van der Waals surface area (Å²) in [7, 11) is 0. The molecular weight excluding hydrogens is 236 g/mol. The van der Waals surface area contributed by atoms with E-state index in [0.29, 0.717) is 17.7 Å². The van der Waals surface area contributed by atoms with Gasteiger partial charge >= 0.3 is 0 Å². The van der Waals surface area contributed by atoms with Gasteiger partial charge in [-0.25, -0.2) is 0 Å². The van der Waals surface area contributed by atoms with Crippen molar-refractivity contribution < 1.29 is 4.79 Å². The SMILES string of the molecule is O=C(CC1CCCC1)N1CCN(CCCl)CC1. The van der Waals surface area contributed by atoms with Crippen LogP contribution >= 0.6 is 11.6 Å². The highest BCUT2D eigenvalue weighted by Crippen LogP contribution is 2.28. The molecule has 0 N–H and O–H groups in total. The van der Waals surface area contributed by atoms with E-state index in [2.05, 4.69) is 4.90 Å². The smallest absolute Gasteiger partial charge is 0.222 e. The molecule has 1 aliphatic heterocycles. The van der Waals surface area contributed by atoms with Crippen LogP contribution in [0.1, 0.15) is 32.1 Å². The van der Waals surface area contributed by atoms with Crippen LogP contribution in [0.5, 0.6) is 0 Å². The van der Waals surface area contributed by atoms with Crippen LogP contribution in [0.25, 0.3) is 0 Å². The lowest BCUT2D eigenvalue weighted by Crippen LogP contribution is -2.49. The Bertz CT molecular complexity index is 246. The normalized spacial score (nSPS) is 23.2. The average molecular weight is 259 g/mol. The van der Waals surface area contributed by atoms with Crippen LogP contribution < -0.4 is 0 Å². The van der Waals surface area contributed by atoms with Crippen LogP contribution in [0.15, 0.2) is 0 Å². The molecule has 0 radical (unpaired) electrons. The molecule has 2 rings (SSSR count). The first-order chi connectivity index (χ1) is 8.29. The van der Waals surface area contributed by atoms with E-state index in [1.165, 1.54) is 25.7 Å². The number of carbonyl (C=O) groups is 1. The summed E-state index contributed by atoms with van der Waals surface area (Å²) >= 11 is 5.72. The molecule has 2 aliphatic rings. The molecule has 0 unspecified atom stereocenters. The summed E-state index contributed by atoms with van der Waals surface area (Å²) < 4.78 is 0. The number of hydrogen-bond acceptors (Lipinski definition) is 2. The summed E-state index contributed by atoms with van der Waals surface area (Å²) in [6.07, 6.45) is 5.95. The minimum absolute atomic E-state index is 0.377. The van der Waals surface area contributed by atoms with E-state index in [1.54, 1.807) is 0 Å². The maximum atomic E-state index is 12.1. The highest BCUT2D eigenvalue weighted by Gasteiger charge is 2.24. The van der Waals surface area contributed by atoms with E-state index in [0.717, 1.165) is 39.1 Å². The molecule has 1 saturated heterocycles. The van der Waals surface area contributed by atoms with E-state index >= 15 is 0 Å². The molecule has 0 atom stereocenters. The van der Waals surface area contributed by atoms with E-state index in [1.807, 2.05) is 4.90 Å². The van der Waals surface area contributed by atoms with Crippen molar-refractivity contribution in [3.05, 3.63) is 0 Å². The molecule has 1 heterocycles. The van der Waals surface area contributed by atoms with Gasteiger partial charge in [0.25, 0.3) is 0 Å². The van der Waals surface area contributed by atoms with Crippen LogP contribution in [-0.4, -0.2) is 54.3 Å². The molecular formula is C13H23ClN2O. The zero-order valence-electron chi connectivity index (χ0n) is 10.5. The molecule has 2 fully saturated rings. The fourth-order valence-corrected chi connectivity index (χ4v) is 3.17. The summed E-state index contributed by atoms with van der Waals surface area (Å²) in [4.78, 5) is 16.5. The van der Waals surface area contributed by atoms with Crippen molar-refractivity contribution in [2.75, 3.05) is 38.6 Å². The molecule has 0 aromatic carbocycles. The number of amides is 1. The van der Waals surface area contributed by atoms with Crippen molar-refractivity contribution in [3.8, 4) is 0 Å². The second kappa shape index (κ2) is 6.60. The van der Waals surface area contributed by atoms with Gasteiger partial charge in [-0.15, -0.1) is 11.6 Å². The number of alkyl halides is 1. The van der Waals surface area contributed by atoms with Crippen molar-refractivity contribution in [2.45, 2.75) is 32.1 Å². The van der Waals surface area contributed by atoms with Crippen molar-refractivity contribution in [3.63, 3.8) is 0 Å². The van der Waals surface area contributed by atoms with Gasteiger partial charge in [0.15, 0.2) is 0 Å². The quantitative estimate of drug-likeness (QED) is 0.720. The van der Waals surface area contributed by atoms with Crippen LogP contribution in [-0.2, 0) is 4.79 Å². The molecule has 98 valence electrons.